The van der Waals surface area contributed by atoms with E-state index in [1.54, 1.807) is 23.9 Å². The lowest BCUT2D eigenvalue weighted by atomic mass is 10.2. The molecular weight excluding hydrogens is 297 g/mol. The summed E-state index contributed by atoms with van der Waals surface area (Å²) in [5.41, 5.74) is 1.12. The predicted molar refractivity (Wildman–Crippen MR) is 89.8 cm³/mol. The van der Waals surface area contributed by atoms with Gasteiger partial charge in [-0.05, 0) is 35.9 Å². The third-order valence-corrected chi connectivity index (χ3v) is 4.35. The molecule has 0 radical (unpaired) electrons. The molecule has 1 unspecified atom stereocenters. The fourth-order valence-electron chi connectivity index (χ4n) is 2.07. The van der Waals surface area contributed by atoms with Crippen molar-refractivity contribution in [3.63, 3.8) is 0 Å². The first-order chi connectivity index (χ1) is 10.8. The molecule has 3 rings (SSSR count). The quantitative estimate of drug-likeness (QED) is 0.762. The highest BCUT2D eigenvalue weighted by Gasteiger charge is 2.18. The molecule has 0 bridgehead atoms. The monoisotopic (exact) mass is 313 g/mol. The summed E-state index contributed by atoms with van der Waals surface area (Å²) in [6.07, 6.45) is 3.97. The molecule has 0 saturated carbocycles. The van der Waals surface area contributed by atoms with Crippen LogP contribution in [0.4, 0.5) is 4.39 Å². The molecule has 2 aromatic rings. The van der Waals surface area contributed by atoms with Crippen molar-refractivity contribution in [2.75, 3.05) is 12.3 Å². The fourth-order valence-corrected chi connectivity index (χ4v) is 2.95. The van der Waals surface area contributed by atoms with Crippen molar-refractivity contribution in [1.82, 2.24) is 0 Å². The Balaban J connectivity index is 1.47. The van der Waals surface area contributed by atoms with Crippen LogP contribution in [0, 0.1) is 5.82 Å². The molecule has 1 aliphatic rings. The third-order valence-electron chi connectivity index (χ3n) is 3.21. The molecule has 0 saturated heterocycles. The molecule has 0 aromatic heterocycles. The normalized spacial score (nSPS) is 17.5. The van der Waals surface area contributed by atoms with E-state index < -0.39 is 0 Å². The second-order valence-corrected chi connectivity index (χ2v) is 6.02. The Morgan fingerprint density at radius 2 is 1.86 bits per heavy atom. The Hall–Kier alpha value is -2.07. The van der Waals surface area contributed by atoms with E-state index in [9.17, 15) is 4.39 Å². The van der Waals surface area contributed by atoms with Crippen LogP contribution < -0.4 is 0 Å². The smallest absolute Gasteiger partial charge is 0.209 e. The first kappa shape index (κ1) is 14.9. The van der Waals surface area contributed by atoms with Gasteiger partial charge < -0.3 is 4.74 Å². The topological polar surface area (TPSA) is 21.6 Å². The van der Waals surface area contributed by atoms with E-state index in [2.05, 4.69) is 4.99 Å². The van der Waals surface area contributed by atoms with E-state index in [1.165, 1.54) is 12.1 Å². The molecule has 1 aliphatic heterocycles. The van der Waals surface area contributed by atoms with E-state index in [-0.39, 0.29) is 11.9 Å². The number of nitrogens with zero attached hydrogens (tertiary/aromatic N) is 1. The zero-order chi connectivity index (χ0) is 15.2. The second-order valence-electron chi connectivity index (χ2n) is 4.93. The van der Waals surface area contributed by atoms with Crippen molar-refractivity contribution < 1.29 is 9.13 Å². The summed E-state index contributed by atoms with van der Waals surface area (Å²) in [4.78, 5) is 5.43. The Morgan fingerprint density at radius 1 is 1.09 bits per heavy atom. The van der Waals surface area contributed by atoms with E-state index in [4.69, 9.17) is 4.74 Å². The van der Waals surface area contributed by atoms with Gasteiger partial charge in [0.2, 0.25) is 5.90 Å². The summed E-state index contributed by atoms with van der Waals surface area (Å²) in [7, 11) is 0. The predicted octanol–water partition coefficient (Wildman–Crippen LogP) is 4.43. The molecule has 1 atom stereocenters. The Kier molecular flexibility index (Phi) is 4.91. The maximum absolute atomic E-state index is 12.8. The molecule has 0 amide bonds. The van der Waals surface area contributed by atoms with Gasteiger partial charge >= 0.3 is 0 Å². The molecule has 112 valence electrons. The van der Waals surface area contributed by atoms with Gasteiger partial charge in [-0.25, -0.2) is 9.38 Å². The van der Waals surface area contributed by atoms with E-state index in [1.807, 2.05) is 42.5 Å². The van der Waals surface area contributed by atoms with Gasteiger partial charge in [-0.3, -0.25) is 0 Å². The maximum atomic E-state index is 12.8. The lowest BCUT2D eigenvalue weighted by Gasteiger charge is -2.09. The zero-order valence-corrected chi connectivity index (χ0v) is 12.8. The van der Waals surface area contributed by atoms with Crippen LogP contribution in [0.1, 0.15) is 5.56 Å². The van der Waals surface area contributed by atoms with Gasteiger partial charge in [0.1, 0.15) is 11.9 Å². The molecule has 22 heavy (non-hydrogen) atoms. The van der Waals surface area contributed by atoms with Crippen molar-refractivity contribution in [2.24, 2.45) is 4.99 Å². The van der Waals surface area contributed by atoms with Crippen molar-refractivity contribution in [2.45, 2.75) is 11.0 Å². The molecule has 0 fully saturated rings. The molecule has 0 aliphatic carbocycles. The standard InChI is InChI=1S/C18H16FNOS/c19-15-7-9-17(10-8-15)22-13-16-12-20-18(21-16)11-6-14-4-2-1-3-5-14/h1-11,16H,12-13H2/b11-6+. The molecular formula is C18H16FNOS. The van der Waals surface area contributed by atoms with Crippen LogP contribution in [0.25, 0.3) is 6.08 Å². The molecule has 2 aromatic carbocycles. The van der Waals surface area contributed by atoms with Crippen molar-refractivity contribution in [3.05, 3.63) is 72.1 Å². The third kappa shape index (κ3) is 4.21. The molecule has 2 nitrogen and oxygen atoms in total. The summed E-state index contributed by atoms with van der Waals surface area (Å²) >= 11 is 1.65. The number of ether oxygens (including phenoxy) is 1. The lowest BCUT2D eigenvalue weighted by Crippen LogP contribution is -2.15. The van der Waals surface area contributed by atoms with Crippen LogP contribution in [0.2, 0.25) is 0 Å². The Bertz CT molecular complexity index is 667. The molecule has 0 spiro atoms. The summed E-state index contributed by atoms with van der Waals surface area (Å²) in [6, 6.07) is 16.6. The number of hydrogen-bond acceptors (Lipinski definition) is 3. The van der Waals surface area contributed by atoms with Gasteiger partial charge in [0, 0.05) is 16.7 Å². The highest BCUT2D eigenvalue weighted by atomic mass is 32.2. The summed E-state index contributed by atoms with van der Waals surface area (Å²) in [5, 5.41) is 0. The van der Waals surface area contributed by atoms with E-state index >= 15 is 0 Å². The van der Waals surface area contributed by atoms with Gasteiger partial charge in [-0.1, -0.05) is 30.3 Å². The van der Waals surface area contributed by atoms with Crippen LogP contribution in [0.15, 0.2) is 70.6 Å². The van der Waals surface area contributed by atoms with Crippen molar-refractivity contribution in [1.29, 1.82) is 0 Å². The average molecular weight is 313 g/mol. The SMILES string of the molecule is Fc1ccc(SCC2CN=C(/C=C/c3ccccc3)O2)cc1. The second kappa shape index (κ2) is 7.27. The van der Waals surface area contributed by atoms with Crippen LogP contribution in [-0.4, -0.2) is 24.3 Å². The molecule has 0 N–H and O–H groups in total. The summed E-state index contributed by atoms with van der Waals surface area (Å²) in [5.74, 6) is 1.27. The molecule has 4 heteroatoms. The van der Waals surface area contributed by atoms with Crippen LogP contribution in [0.5, 0.6) is 0 Å². The Morgan fingerprint density at radius 3 is 2.64 bits per heavy atom. The number of rotatable bonds is 5. The van der Waals surface area contributed by atoms with Crippen LogP contribution in [0.3, 0.4) is 0 Å². The minimum atomic E-state index is -0.210. The number of hydrogen-bond donors (Lipinski definition) is 0. The van der Waals surface area contributed by atoms with Crippen molar-refractivity contribution in [3.8, 4) is 0 Å². The highest BCUT2D eigenvalue weighted by molar-refractivity contribution is 7.99. The minimum Gasteiger partial charge on any atom is -0.472 e. The van der Waals surface area contributed by atoms with Gasteiger partial charge in [0.15, 0.2) is 0 Å². The minimum absolute atomic E-state index is 0.0745. The number of halogens is 1. The number of aliphatic imine (C=N–C) groups is 1. The Labute approximate surface area is 133 Å². The number of thioether (sulfide) groups is 1. The van der Waals surface area contributed by atoms with Crippen molar-refractivity contribution >= 4 is 23.7 Å². The lowest BCUT2D eigenvalue weighted by molar-refractivity contribution is 0.252. The zero-order valence-electron chi connectivity index (χ0n) is 12.0. The van der Waals surface area contributed by atoms with Gasteiger partial charge in [0.25, 0.3) is 0 Å². The first-order valence-electron chi connectivity index (χ1n) is 7.12. The van der Waals surface area contributed by atoms with Gasteiger partial charge in [-0.15, -0.1) is 11.8 Å². The van der Waals surface area contributed by atoms with Crippen LogP contribution in [-0.2, 0) is 4.74 Å². The van der Waals surface area contributed by atoms with Gasteiger partial charge in [-0.2, -0.15) is 0 Å². The first-order valence-corrected chi connectivity index (χ1v) is 8.11. The van der Waals surface area contributed by atoms with E-state index in [0.717, 1.165) is 16.2 Å². The largest absolute Gasteiger partial charge is 0.472 e. The van der Waals surface area contributed by atoms with Gasteiger partial charge in [0.05, 0.1) is 6.54 Å². The fraction of sp³-hybridized carbons (Fsp3) is 0.167. The summed E-state index contributed by atoms with van der Waals surface area (Å²) in [6.45, 7) is 0.669. The maximum Gasteiger partial charge on any atom is 0.209 e. The number of benzene rings is 2. The highest BCUT2D eigenvalue weighted by Crippen LogP contribution is 2.21. The molecule has 1 heterocycles. The summed E-state index contributed by atoms with van der Waals surface area (Å²) < 4.78 is 18.6. The average Bonchev–Trinajstić information content (AvgIpc) is 3.01. The van der Waals surface area contributed by atoms with Crippen LogP contribution >= 0.6 is 11.8 Å². The van der Waals surface area contributed by atoms with E-state index in [0.29, 0.717) is 12.4 Å².